The summed E-state index contributed by atoms with van der Waals surface area (Å²) in [5, 5.41) is 11.2. The maximum Gasteiger partial charge on any atom is 0.303 e. The molecule has 0 rings (SSSR count). The minimum Gasteiger partial charge on any atom is -0.481 e. The smallest absolute Gasteiger partial charge is 0.303 e. The second-order valence-electron chi connectivity index (χ2n) is 11.5. The summed E-state index contributed by atoms with van der Waals surface area (Å²) in [6.45, 7) is 18.1. The number of carboxylic acids is 1. The van der Waals surface area contributed by atoms with Gasteiger partial charge in [-0.25, -0.2) is 0 Å². The molecule has 17 heteroatoms. The van der Waals surface area contributed by atoms with Gasteiger partial charge in [-0.3, -0.25) is 9.59 Å². The molecule has 0 aromatic heterocycles. The summed E-state index contributed by atoms with van der Waals surface area (Å²) in [6, 6.07) is 0. The van der Waals surface area contributed by atoms with Crippen molar-refractivity contribution in [1.29, 1.82) is 0 Å². The summed E-state index contributed by atoms with van der Waals surface area (Å²) in [7, 11) is 0. The van der Waals surface area contributed by atoms with Crippen LogP contribution in [0.3, 0.4) is 0 Å². The molecule has 0 aliphatic carbocycles. The van der Waals surface area contributed by atoms with Crippen LogP contribution in [0.5, 0.6) is 0 Å². The number of hydrogen-bond acceptors (Lipinski definition) is 15. The molecular weight excluding hydrogens is 702 g/mol. The third kappa shape index (κ3) is 46.5. The van der Waals surface area contributed by atoms with E-state index in [0.717, 1.165) is 13.0 Å². The quantitative estimate of drug-likeness (QED) is 0.0850. The number of aliphatic carboxylic acids is 1. The lowest BCUT2D eigenvalue weighted by atomic mass is 10.1. The lowest BCUT2D eigenvalue weighted by Gasteiger charge is -2.10. The summed E-state index contributed by atoms with van der Waals surface area (Å²) in [5.74, 6) is -0.661. The van der Waals surface area contributed by atoms with Crippen LogP contribution in [0.1, 0.15) is 39.5 Å². The van der Waals surface area contributed by atoms with Gasteiger partial charge in [0, 0.05) is 26.2 Å². The molecular formula is C36H71NO16. The van der Waals surface area contributed by atoms with E-state index in [4.69, 9.17) is 66.7 Å². The van der Waals surface area contributed by atoms with Crippen molar-refractivity contribution in [2.45, 2.75) is 39.5 Å². The zero-order chi connectivity index (χ0) is 38.6. The summed E-state index contributed by atoms with van der Waals surface area (Å²) in [4.78, 5) is 21.8. The minimum atomic E-state index is -0.983. The Morgan fingerprint density at radius 1 is 0.434 bits per heavy atom. The Morgan fingerprint density at radius 3 is 0.962 bits per heavy atom. The first kappa shape index (κ1) is 51.4. The number of nitrogens with one attached hydrogen (secondary N) is 1. The zero-order valence-electron chi connectivity index (χ0n) is 32.6. The number of carbonyl (C=O) groups excluding carboxylic acids is 1. The van der Waals surface area contributed by atoms with Gasteiger partial charge in [0.25, 0.3) is 0 Å². The van der Waals surface area contributed by atoms with Gasteiger partial charge in [-0.1, -0.05) is 20.3 Å². The van der Waals surface area contributed by atoms with Gasteiger partial charge in [0.2, 0.25) is 5.91 Å². The molecule has 0 aromatic rings. The fourth-order valence-electron chi connectivity index (χ4n) is 3.75. The Hall–Kier alpha value is -1.58. The van der Waals surface area contributed by atoms with Crippen molar-refractivity contribution < 1.29 is 76.3 Å². The van der Waals surface area contributed by atoms with Gasteiger partial charge in [0.05, 0.1) is 165 Å². The number of amides is 1. The van der Waals surface area contributed by atoms with Crippen LogP contribution in [-0.4, -0.2) is 195 Å². The molecule has 1 atom stereocenters. The standard InChI is InChI=1S/C36H71NO16/c1-3-34(2)33-53-32-31-52-30-29-51-28-27-50-26-25-49-24-23-48-22-21-47-20-19-46-18-17-45-16-15-44-14-13-43-12-11-42-10-9-41-8-4-7-37-35(38)5-6-36(39)40/h34H,3-33H2,1-2H3,(H,37,38)(H,39,40). The highest BCUT2D eigenvalue weighted by Gasteiger charge is 2.04. The molecule has 1 unspecified atom stereocenters. The van der Waals surface area contributed by atoms with Crippen molar-refractivity contribution >= 4 is 11.9 Å². The van der Waals surface area contributed by atoms with Gasteiger partial charge in [-0.05, 0) is 12.3 Å². The van der Waals surface area contributed by atoms with E-state index in [1.807, 2.05) is 0 Å². The van der Waals surface area contributed by atoms with E-state index in [2.05, 4.69) is 19.2 Å². The first-order chi connectivity index (χ1) is 26.1. The average molecular weight is 774 g/mol. The molecule has 0 spiro atoms. The molecule has 0 aliphatic heterocycles. The van der Waals surface area contributed by atoms with Crippen LogP contribution in [0.15, 0.2) is 0 Å². The maximum atomic E-state index is 11.4. The zero-order valence-corrected chi connectivity index (χ0v) is 32.6. The lowest BCUT2D eigenvalue weighted by molar-refractivity contribution is -0.138. The monoisotopic (exact) mass is 773 g/mol. The van der Waals surface area contributed by atoms with Crippen LogP contribution < -0.4 is 5.32 Å². The minimum absolute atomic E-state index is 0.0113. The fourth-order valence-corrected chi connectivity index (χ4v) is 3.75. The van der Waals surface area contributed by atoms with E-state index >= 15 is 0 Å². The average Bonchev–Trinajstić information content (AvgIpc) is 3.15. The van der Waals surface area contributed by atoms with Crippen LogP contribution in [-0.2, 0) is 71.2 Å². The third-order valence-electron chi connectivity index (χ3n) is 6.92. The molecule has 0 aromatic carbocycles. The van der Waals surface area contributed by atoms with E-state index in [1.54, 1.807) is 0 Å². The molecule has 0 saturated carbocycles. The van der Waals surface area contributed by atoms with E-state index < -0.39 is 5.97 Å². The van der Waals surface area contributed by atoms with Crippen molar-refractivity contribution in [3.05, 3.63) is 0 Å². The lowest BCUT2D eigenvalue weighted by Crippen LogP contribution is -2.25. The molecule has 53 heavy (non-hydrogen) atoms. The van der Waals surface area contributed by atoms with Crippen LogP contribution in [0.4, 0.5) is 0 Å². The predicted octanol–water partition coefficient (Wildman–Crippen LogP) is 1.62. The van der Waals surface area contributed by atoms with Crippen molar-refractivity contribution in [3.63, 3.8) is 0 Å². The molecule has 17 nitrogen and oxygen atoms in total. The van der Waals surface area contributed by atoms with Crippen LogP contribution in [0.25, 0.3) is 0 Å². The summed E-state index contributed by atoms with van der Waals surface area (Å²) < 4.78 is 71.1. The normalized spacial score (nSPS) is 12.0. The topological polar surface area (TPSA) is 186 Å². The SMILES string of the molecule is CCC(C)COCCOCCOCCOCCOCCOCCOCCOCCOCCOCCOCCOCCOCCCNC(=O)CCC(=O)O. The Morgan fingerprint density at radius 2 is 0.698 bits per heavy atom. The largest absolute Gasteiger partial charge is 0.481 e. The van der Waals surface area contributed by atoms with Gasteiger partial charge in [0.1, 0.15) is 0 Å². The second-order valence-corrected chi connectivity index (χ2v) is 11.5. The fraction of sp³-hybridized carbons (Fsp3) is 0.944. The van der Waals surface area contributed by atoms with Gasteiger partial charge < -0.3 is 72.0 Å². The molecule has 0 saturated heterocycles. The molecule has 316 valence electrons. The summed E-state index contributed by atoms with van der Waals surface area (Å²) in [5.41, 5.74) is 0. The first-order valence-electron chi connectivity index (χ1n) is 19.0. The van der Waals surface area contributed by atoms with Gasteiger partial charge in [-0.2, -0.15) is 0 Å². The Balaban J connectivity index is 3.09. The predicted molar refractivity (Wildman–Crippen MR) is 195 cm³/mol. The number of hydrogen-bond donors (Lipinski definition) is 2. The van der Waals surface area contributed by atoms with Crippen LogP contribution in [0, 0.1) is 5.92 Å². The van der Waals surface area contributed by atoms with Gasteiger partial charge in [-0.15, -0.1) is 0 Å². The van der Waals surface area contributed by atoms with Crippen LogP contribution >= 0.6 is 0 Å². The molecule has 0 aliphatic rings. The summed E-state index contributed by atoms with van der Waals surface area (Å²) in [6.07, 6.45) is 1.60. The van der Waals surface area contributed by atoms with E-state index in [9.17, 15) is 9.59 Å². The highest BCUT2D eigenvalue weighted by molar-refractivity contribution is 5.80. The van der Waals surface area contributed by atoms with E-state index in [1.165, 1.54) is 0 Å². The Labute approximate surface area is 317 Å². The first-order valence-corrected chi connectivity index (χ1v) is 19.0. The highest BCUT2D eigenvalue weighted by Crippen LogP contribution is 2.00. The van der Waals surface area contributed by atoms with E-state index in [-0.39, 0.29) is 18.7 Å². The van der Waals surface area contributed by atoms with Gasteiger partial charge >= 0.3 is 5.97 Å². The van der Waals surface area contributed by atoms with Crippen LogP contribution in [0.2, 0.25) is 0 Å². The highest BCUT2D eigenvalue weighted by atomic mass is 16.6. The Bertz CT molecular complexity index is 754. The Kier molecular flexibility index (Phi) is 43.5. The molecule has 2 N–H and O–H groups in total. The van der Waals surface area contributed by atoms with E-state index in [0.29, 0.717) is 184 Å². The van der Waals surface area contributed by atoms with Crippen molar-refractivity contribution in [1.82, 2.24) is 5.32 Å². The second kappa shape index (κ2) is 44.8. The molecule has 0 radical (unpaired) electrons. The van der Waals surface area contributed by atoms with Crippen molar-refractivity contribution in [2.24, 2.45) is 5.92 Å². The third-order valence-corrected chi connectivity index (χ3v) is 6.92. The number of carbonyl (C=O) groups is 2. The van der Waals surface area contributed by atoms with Crippen molar-refractivity contribution in [2.75, 3.05) is 178 Å². The maximum absolute atomic E-state index is 11.4. The van der Waals surface area contributed by atoms with Crippen molar-refractivity contribution in [3.8, 4) is 0 Å². The number of ether oxygens (including phenoxy) is 13. The molecule has 0 heterocycles. The molecule has 0 bridgehead atoms. The van der Waals surface area contributed by atoms with Gasteiger partial charge in [0.15, 0.2) is 0 Å². The number of rotatable bonds is 46. The summed E-state index contributed by atoms with van der Waals surface area (Å²) >= 11 is 0. The molecule has 0 fully saturated rings. The number of carboxylic acid groups (broad SMARTS) is 1. The molecule has 1 amide bonds.